The van der Waals surface area contributed by atoms with Gasteiger partial charge in [0.15, 0.2) is 0 Å². The Balaban J connectivity index is 0.00000300. The zero-order valence-electron chi connectivity index (χ0n) is 16.3. The van der Waals surface area contributed by atoms with Crippen LogP contribution in [0.1, 0.15) is 24.9 Å². The SMILES string of the molecule is CC1CN(C(=O)CC(NC(N)=O)c2cccc(Oc3ccccc3)c2)CCN1.Cl. The second-order valence-electron chi connectivity index (χ2n) is 6.95. The van der Waals surface area contributed by atoms with E-state index in [0.717, 1.165) is 12.1 Å². The molecule has 0 aromatic heterocycles. The summed E-state index contributed by atoms with van der Waals surface area (Å²) in [5.41, 5.74) is 6.12. The second kappa shape index (κ2) is 10.7. The fourth-order valence-corrected chi connectivity index (χ4v) is 3.31. The minimum Gasteiger partial charge on any atom is -0.457 e. The first kappa shape index (κ1) is 22.5. The molecule has 0 spiro atoms. The van der Waals surface area contributed by atoms with Crippen molar-refractivity contribution in [3.8, 4) is 11.5 Å². The molecule has 156 valence electrons. The number of benzene rings is 2. The molecule has 0 bridgehead atoms. The fraction of sp³-hybridized carbons (Fsp3) is 0.333. The molecule has 4 N–H and O–H groups in total. The minimum absolute atomic E-state index is 0. The molecular formula is C21H27ClN4O3. The van der Waals surface area contributed by atoms with Crippen LogP contribution in [-0.2, 0) is 4.79 Å². The van der Waals surface area contributed by atoms with E-state index < -0.39 is 12.1 Å². The van der Waals surface area contributed by atoms with Crippen LogP contribution in [0.15, 0.2) is 54.6 Å². The van der Waals surface area contributed by atoms with Crippen molar-refractivity contribution in [2.45, 2.75) is 25.4 Å². The summed E-state index contributed by atoms with van der Waals surface area (Å²) in [7, 11) is 0. The number of para-hydroxylation sites is 1. The Hall–Kier alpha value is -2.77. The van der Waals surface area contributed by atoms with E-state index in [1.165, 1.54) is 0 Å². The Labute approximate surface area is 177 Å². The highest BCUT2D eigenvalue weighted by Gasteiger charge is 2.25. The van der Waals surface area contributed by atoms with E-state index in [4.69, 9.17) is 10.5 Å². The number of nitrogens with one attached hydrogen (secondary N) is 2. The number of carbonyl (C=O) groups is 2. The smallest absolute Gasteiger partial charge is 0.312 e. The first-order valence-electron chi connectivity index (χ1n) is 9.41. The third kappa shape index (κ3) is 6.66. The third-order valence-corrected chi connectivity index (χ3v) is 4.66. The summed E-state index contributed by atoms with van der Waals surface area (Å²) in [5.74, 6) is 1.33. The fourth-order valence-electron chi connectivity index (χ4n) is 3.31. The van der Waals surface area contributed by atoms with Crippen LogP contribution in [-0.4, -0.2) is 42.5 Å². The van der Waals surface area contributed by atoms with E-state index in [2.05, 4.69) is 10.6 Å². The largest absolute Gasteiger partial charge is 0.457 e. The van der Waals surface area contributed by atoms with Crippen molar-refractivity contribution >= 4 is 24.3 Å². The number of nitrogens with zero attached hydrogens (tertiary/aromatic N) is 1. The van der Waals surface area contributed by atoms with Gasteiger partial charge in [0.25, 0.3) is 0 Å². The average molecular weight is 419 g/mol. The molecule has 1 saturated heterocycles. The van der Waals surface area contributed by atoms with E-state index in [0.29, 0.717) is 24.6 Å². The van der Waals surface area contributed by atoms with Crippen molar-refractivity contribution in [2.75, 3.05) is 19.6 Å². The number of nitrogens with two attached hydrogens (primary N) is 1. The number of primary amides is 1. The summed E-state index contributed by atoms with van der Waals surface area (Å²) in [5, 5.41) is 6.00. The Morgan fingerprint density at radius 1 is 1.21 bits per heavy atom. The normalized spacial score (nSPS) is 17.0. The molecule has 2 aromatic carbocycles. The van der Waals surface area contributed by atoms with Gasteiger partial charge in [-0.2, -0.15) is 0 Å². The lowest BCUT2D eigenvalue weighted by Gasteiger charge is -2.33. The van der Waals surface area contributed by atoms with Crippen molar-refractivity contribution < 1.29 is 14.3 Å². The molecule has 2 atom stereocenters. The monoisotopic (exact) mass is 418 g/mol. The Kier molecular flexibility index (Phi) is 8.30. The Morgan fingerprint density at radius 2 is 1.93 bits per heavy atom. The lowest BCUT2D eigenvalue weighted by Crippen LogP contribution is -2.52. The molecular weight excluding hydrogens is 392 g/mol. The van der Waals surface area contributed by atoms with Gasteiger partial charge in [-0.1, -0.05) is 30.3 Å². The van der Waals surface area contributed by atoms with Crippen LogP contribution in [0, 0.1) is 0 Å². The quantitative estimate of drug-likeness (QED) is 0.672. The molecule has 1 aliphatic rings. The van der Waals surface area contributed by atoms with Gasteiger partial charge in [0.1, 0.15) is 11.5 Å². The lowest BCUT2D eigenvalue weighted by atomic mass is 10.0. The van der Waals surface area contributed by atoms with Gasteiger partial charge in [0.05, 0.1) is 12.5 Å². The maximum Gasteiger partial charge on any atom is 0.312 e. The zero-order chi connectivity index (χ0) is 19.9. The third-order valence-electron chi connectivity index (χ3n) is 4.66. The highest BCUT2D eigenvalue weighted by molar-refractivity contribution is 5.85. The van der Waals surface area contributed by atoms with Gasteiger partial charge in [-0.25, -0.2) is 4.79 Å². The molecule has 3 amide bonds. The van der Waals surface area contributed by atoms with E-state index in [1.807, 2.05) is 66.4 Å². The first-order chi connectivity index (χ1) is 13.5. The minimum atomic E-state index is -0.666. The van der Waals surface area contributed by atoms with Gasteiger partial charge in [0, 0.05) is 25.7 Å². The van der Waals surface area contributed by atoms with Gasteiger partial charge >= 0.3 is 6.03 Å². The van der Waals surface area contributed by atoms with Crippen molar-refractivity contribution in [1.82, 2.24) is 15.5 Å². The molecule has 3 rings (SSSR count). The number of carbonyl (C=O) groups excluding carboxylic acids is 2. The first-order valence-corrected chi connectivity index (χ1v) is 9.41. The molecule has 1 fully saturated rings. The van der Waals surface area contributed by atoms with Crippen LogP contribution < -0.4 is 21.1 Å². The highest BCUT2D eigenvalue weighted by Crippen LogP contribution is 2.26. The van der Waals surface area contributed by atoms with Crippen molar-refractivity contribution in [2.24, 2.45) is 5.73 Å². The summed E-state index contributed by atoms with van der Waals surface area (Å²) < 4.78 is 5.86. The molecule has 1 heterocycles. The number of hydrogen-bond acceptors (Lipinski definition) is 4. The molecule has 0 saturated carbocycles. The van der Waals surface area contributed by atoms with Crippen LogP contribution in [0.4, 0.5) is 4.79 Å². The summed E-state index contributed by atoms with van der Waals surface area (Å²) in [6.45, 7) is 4.12. The van der Waals surface area contributed by atoms with Crippen LogP contribution in [0.2, 0.25) is 0 Å². The van der Waals surface area contributed by atoms with Gasteiger partial charge in [-0.3, -0.25) is 4.79 Å². The number of urea groups is 1. The number of rotatable bonds is 6. The molecule has 1 aliphatic heterocycles. The van der Waals surface area contributed by atoms with Crippen molar-refractivity contribution in [1.29, 1.82) is 0 Å². The summed E-state index contributed by atoms with van der Waals surface area (Å²) in [6.07, 6.45) is 0.143. The number of piperazine rings is 1. The van der Waals surface area contributed by atoms with E-state index >= 15 is 0 Å². The molecule has 2 unspecified atom stereocenters. The second-order valence-corrected chi connectivity index (χ2v) is 6.95. The maximum atomic E-state index is 12.8. The van der Waals surface area contributed by atoms with Crippen LogP contribution >= 0.6 is 12.4 Å². The molecule has 0 aliphatic carbocycles. The average Bonchev–Trinajstić information content (AvgIpc) is 2.68. The van der Waals surface area contributed by atoms with Crippen LogP contribution in [0.5, 0.6) is 11.5 Å². The highest BCUT2D eigenvalue weighted by atomic mass is 35.5. The summed E-state index contributed by atoms with van der Waals surface area (Å²) in [6, 6.07) is 15.8. The van der Waals surface area contributed by atoms with Crippen LogP contribution in [0.3, 0.4) is 0 Å². The van der Waals surface area contributed by atoms with E-state index in [9.17, 15) is 9.59 Å². The van der Waals surface area contributed by atoms with E-state index in [-0.39, 0.29) is 30.8 Å². The number of amides is 3. The van der Waals surface area contributed by atoms with E-state index in [1.54, 1.807) is 0 Å². The predicted octanol–water partition coefficient (Wildman–Crippen LogP) is 2.82. The Morgan fingerprint density at radius 3 is 2.62 bits per heavy atom. The zero-order valence-corrected chi connectivity index (χ0v) is 17.2. The van der Waals surface area contributed by atoms with Gasteiger partial charge in [-0.05, 0) is 36.8 Å². The van der Waals surface area contributed by atoms with Gasteiger partial charge in [0.2, 0.25) is 5.91 Å². The predicted molar refractivity (Wildman–Crippen MR) is 114 cm³/mol. The molecule has 0 radical (unpaired) electrons. The number of ether oxygens (including phenoxy) is 1. The van der Waals surface area contributed by atoms with Gasteiger partial charge in [-0.15, -0.1) is 12.4 Å². The standard InChI is InChI=1S/C21H26N4O3.ClH/c1-15-14-25(11-10-23-15)20(26)13-19(24-21(22)27)16-6-5-9-18(12-16)28-17-7-3-2-4-8-17;/h2-9,12,15,19,23H,10-11,13-14H2,1H3,(H3,22,24,27);1H. The number of halogens is 1. The van der Waals surface area contributed by atoms with Crippen molar-refractivity contribution in [3.63, 3.8) is 0 Å². The van der Waals surface area contributed by atoms with Gasteiger partial charge < -0.3 is 26.0 Å². The topological polar surface area (TPSA) is 96.7 Å². The molecule has 8 heteroatoms. The van der Waals surface area contributed by atoms with Crippen molar-refractivity contribution in [3.05, 3.63) is 60.2 Å². The maximum absolute atomic E-state index is 12.8. The molecule has 29 heavy (non-hydrogen) atoms. The Bertz CT molecular complexity index is 819. The number of hydrogen-bond donors (Lipinski definition) is 3. The summed E-state index contributed by atoms with van der Waals surface area (Å²) in [4.78, 5) is 26.1. The molecule has 2 aromatic rings. The summed E-state index contributed by atoms with van der Waals surface area (Å²) >= 11 is 0. The lowest BCUT2D eigenvalue weighted by molar-refractivity contribution is -0.132. The molecule has 7 nitrogen and oxygen atoms in total. The van der Waals surface area contributed by atoms with Crippen LogP contribution in [0.25, 0.3) is 0 Å².